The molecule has 1 unspecified atom stereocenters. The van der Waals surface area contributed by atoms with Crippen molar-refractivity contribution in [1.82, 2.24) is 5.32 Å². The Morgan fingerprint density at radius 3 is 3.05 bits per heavy atom. The van der Waals surface area contributed by atoms with E-state index in [0.717, 1.165) is 38.2 Å². The molecule has 0 amide bonds. The summed E-state index contributed by atoms with van der Waals surface area (Å²) < 4.78 is 5.32. The molecule has 1 aromatic heterocycles. The maximum absolute atomic E-state index is 5.32. The Balaban J connectivity index is 1.42. The molecule has 2 N–H and O–H groups in total. The number of hydrogen-bond donors (Lipinski definition) is 2. The number of nitrogens with one attached hydrogen (secondary N) is 2. The second-order valence-corrected chi connectivity index (χ2v) is 5.14. The molecule has 3 rings (SSSR count). The van der Waals surface area contributed by atoms with Gasteiger partial charge >= 0.3 is 0 Å². The molecule has 2 aromatic rings. The number of anilines is 1. The molecule has 0 radical (unpaired) electrons. The fraction of sp³-hybridized carbons (Fsp3) is 0.375. The van der Waals surface area contributed by atoms with Gasteiger partial charge in [-0.1, -0.05) is 18.2 Å². The summed E-state index contributed by atoms with van der Waals surface area (Å²) in [5.74, 6) is 1.73. The van der Waals surface area contributed by atoms with Gasteiger partial charge in [-0.3, -0.25) is 0 Å². The maximum Gasteiger partial charge on any atom is 0.105 e. The van der Waals surface area contributed by atoms with E-state index in [9.17, 15) is 0 Å². The normalized spacial score (nSPS) is 17.8. The van der Waals surface area contributed by atoms with E-state index in [4.69, 9.17) is 4.42 Å². The minimum absolute atomic E-state index is 0.673. The number of benzene rings is 1. The Labute approximate surface area is 114 Å². The van der Waals surface area contributed by atoms with Crippen LogP contribution in [-0.4, -0.2) is 19.6 Å². The average Bonchev–Trinajstić information content (AvgIpc) is 2.97. The van der Waals surface area contributed by atoms with Crippen LogP contribution in [0.15, 0.2) is 47.1 Å². The van der Waals surface area contributed by atoms with Crippen LogP contribution in [0.1, 0.15) is 11.3 Å². The Kier molecular flexibility index (Phi) is 3.84. The topological polar surface area (TPSA) is 37.2 Å². The van der Waals surface area contributed by atoms with Crippen molar-refractivity contribution in [2.45, 2.75) is 12.8 Å². The zero-order chi connectivity index (χ0) is 12.9. The quantitative estimate of drug-likeness (QED) is 0.808. The number of hydrogen-bond acceptors (Lipinski definition) is 3. The SMILES string of the molecule is c1coc(CCNCC2CNc3ccccc3C2)c1. The monoisotopic (exact) mass is 256 g/mol. The van der Waals surface area contributed by atoms with E-state index in [-0.39, 0.29) is 0 Å². The molecule has 3 nitrogen and oxygen atoms in total. The van der Waals surface area contributed by atoms with E-state index in [2.05, 4.69) is 34.9 Å². The highest BCUT2D eigenvalue weighted by molar-refractivity contribution is 5.53. The van der Waals surface area contributed by atoms with Crippen molar-refractivity contribution in [3.63, 3.8) is 0 Å². The molecule has 1 aromatic carbocycles. The van der Waals surface area contributed by atoms with Crippen molar-refractivity contribution in [3.8, 4) is 0 Å². The molecular formula is C16H20N2O. The first-order valence-electron chi connectivity index (χ1n) is 6.97. The van der Waals surface area contributed by atoms with Crippen molar-refractivity contribution in [3.05, 3.63) is 54.0 Å². The van der Waals surface area contributed by atoms with Crippen LogP contribution in [0.25, 0.3) is 0 Å². The lowest BCUT2D eigenvalue weighted by molar-refractivity contribution is 0.463. The molecule has 0 fully saturated rings. The highest BCUT2D eigenvalue weighted by Crippen LogP contribution is 2.23. The van der Waals surface area contributed by atoms with E-state index in [1.54, 1.807) is 6.26 Å². The van der Waals surface area contributed by atoms with Crippen LogP contribution in [-0.2, 0) is 12.8 Å². The summed E-state index contributed by atoms with van der Waals surface area (Å²) in [6.07, 6.45) is 3.86. The van der Waals surface area contributed by atoms with E-state index in [1.165, 1.54) is 11.3 Å². The highest BCUT2D eigenvalue weighted by atomic mass is 16.3. The van der Waals surface area contributed by atoms with Gasteiger partial charge in [-0.15, -0.1) is 0 Å². The number of para-hydroxylation sites is 1. The predicted octanol–water partition coefficient (Wildman–Crippen LogP) is 2.70. The molecule has 0 spiro atoms. The van der Waals surface area contributed by atoms with Gasteiger partial charge in [0.05, 0.1) is 6.26 Å². The van der Waals surface area contributed by atoms with Crippen LogP contribution in [0.4, 0.5) is 5.69 Å². The molecule has 0 bridgehead atoms. The second kappa shape index (κ2) is 5.93. The first-order chi connectivity index (χ1) is 9.42. The lowest BCUT2D eigenvalue weighted by atomic mass is 9.94. The lowest BCUT2D eigenvalue weighted by Crippen LogP contribution is -2.33. The van der Waals surface area contributed by atoms with Crippen LogP contribution in [0.3, 0.4) is 0 Å². The average molecular weight is 256 g/mol. The second-order valence-electron chi connectivity index (χ2n) is 5.14. The molecule has 0 saturated heterocycles. The van der Waals surface area contributed by atoms with Crippen molar-refractivity contribution in [1.29, 1.82) is 0 Å². The first kappa shape index (κ1) is 12.3. The molecule has 0 aliphatic carbocycles. The minimum Gasteiger partial charge on any atom is -0.469 e. The van der Waals surface area contributed by atoms with Gasteiger partial charge in [0.15, 0.2) is 0 Å². The summed E-state index contributed by atoms with van der Waals surface area (Å²) in [6.45, 7) is 3.10. The fourth-order valence-electron chi connectivity index (χ4n) is 2.63. The molecule has 100 valence electrons. The largest absolute Gasteiger partial charge is 0.469 e. The van der Waals surface area contributed by atoms with E-state index in [1.807, 2.05) is 12.1 Å². The summed E-state index contributed by atoms with van der Waals surface area (Å²) >= 11 is 0. The summed E-state index contributed by atoms with van der Waals surface area (Å²) in [4.78, 5) is 0. The van der Waals surface area contributed by atoms with Gasteiger partial charge in [-0.05, 0) is 42.6 Å². The summed E-state index contributed by atoms with van der Waals surface area (Å²) in [5, 5.41) is 7.03. The Morgan fingerprint density at radius 1 is 1.21 bits per heavy atom. The molecule has 1 aliphatic rings. The molecule has 0 saturated carbocycles. The van der Waals surface area contributed by atoms with Gasteiger partial charge in [-0.25, -0.2) is 0 Å². The molecular weight excluding hydrogens is 236 g/mol. The molecule has 3 heteroatoms. The first-order valence-corrected chi connectivity index (χ1v) is 6.97. The highest BCUT2D eigenvalue weighted by Gasteiger charge is 2.16. The summed E-state index contributed by atoms with van der Waals surface area (Å²) in [5.41, 5.74) is 2.74. The van der Waals surface area contributed by atoms with Crippen LogP contribution < -0.4 is 10.6 Å². The molecule has 19 heavy (non-hydrogen) atoms. The molecule has 2 heterocycles. The van der Waals surface area contributed by atoms with E-state index >= 15 is 0 Å². The van der Waals surface area contributed by atoms with Gasteiger partial charge in [0.1, 0.15) is 5.76 Å². The van der Waals surface area contributed by atoms with Crippen LogP contribution >= 0.6 is 0 Å². The third-order valence-corrected chi connectivity index (χ3v) is 3.67. The smallest absolute Gasteiger partial charge is 0.105 e. The van der Waals surface area contributed by atoms with Crippen molar-refractivity contribution in [2.24, 2.45) is 5.92 Å². The Bertz CT molecular complexity index is 507. The van der Waals surface area contributed by atoms with Crippen LogP contribution in [0.5, 0.6) is 0 Å². The van der Waals surface area contributed by atoms with Crippen molar-refractivity contribution in [2.75, 3.05) is 25.0 Å². The molecule has 1 aliphatic heterocycles. The van der Waals surface area contributed by atoms with E-state index < -0.39 is 0 Å². The maximum atomic E-state index is 5.32. The Hall–Kier alpha value is -1.74. The van der Waals surface area contributed by atoms with Gasteiger partial charge in [0, 0.05) is 25.2 Å². The van der Waals surface area contributed by atoms with Gasteiger partial charge in [0.2, 0.25) is 0 Å². The van der Waals surface area contributed by atoms with Crippen molar-refractivity contribution < 1.29 is 4.42 Å². The van der Waals surface area contributed by atoms with Crippen molar-refractivity contribution >= 4 is 5.69 Å². The summed E-state index contributed by atoms with van der Waals surface area (Å²) in [6, 6.07) is 12.6. The van der Waals surface area contributed by atoms with Crippen LogP contribution in [0, 0.1) is 5.92 Å². The fourth-order valence-corrected chi connectivity index (χ4v) is 2.63. The molecule has 1 atom stereocenters. The Morgan fingerprint density at radius 2 is 2.16 bits per heavy atom. The third kappa shape index (κ3) is 3.18. The lowest BCUT2D eigenvalue weighted by Gasteiger charge is -2.26. The van der Waals surface area contributed by atoms with Crippen LogP contribution in [0.2, 0.25) is 0 Å². The van der Waals surface area contributed by atoms with Gasteiger partial charge < -0.3 is 15.1 Å². The van der Waals surface area contributed by atoms with Gasteiger partial charge in [-0.2, -0.15) is 0 Å². The zero-order valence-electron chi connectivity index (χ0n) is 11.1. The van der Waals surface area contributed by atoms with Gasteiger partial charge in [0.25, 0.3) is 0 Å². The predicted molar refractivity (Wildman–Crippen MR) is 77.4 cm³/mol. The number of rotatable bonds is 5. The minimum atomic E-state index is 0.673. The standard InChI is InChI=1S/C16H20N2O/c1-2-6-16-14(4-1)10-13(12-18-16)11-17-8-7-15-5-3-9-19-15/h1-6,9,13,17-18H,7-8,10-12H2. The number of furan rings is 1. The number of fused-ring (bicyclic) bond motifs is 1. The summed E-state index contributed by atoms with van der Waals surface area (Å²) in [7, 11) is 0. The zero-order valence-corrected chi connectivity index (χ0v) is 11.1. The third-order valence-electron chi connectivity index (χ3n) is 3.67. The van der Waals surface area contributed by atoms with E-state index in [0.29, 0.717) is 5.92 Å².